The quantitative estimate of drug-likeness (QED) is 0.622. The molecule has 0 amide bonds. The minimum atomic E-state index is -0.631. The van der Waals surface area contributed by atoms with E-state index in [9.17, 15) is 14.7 Å². The summed E-state index contributed by atoms with van der Waals surface area (Å²) in [6.07, 6.45) is 1.09. The number of hydrogen-bond donors (Lipinski definition) is 1. The largest absolute Gasteiger partial charge is 0.500 e. The molecule has 1 aromatic rings. The highest BCUT2D eigenvalue weighted by Gasteiger charge is 2.20. The fourth-order valence-corrected chi connectivity index (χ4v) is 1.11. The Morgan fingerprint density at radius 1 is 1.20 bits per heavy atom. The van der Waals surface area contributed by atoms with E-state index in [1.807, 2.05) is 0 Å². The van der Waals surface area contributed by atoms with Crippen molar-refractivity contribution < 1.29 is 24.2 Å². The number of ether oxygens (including phenoxy) is 2. The third-order valence-corrected chi connectivity index (χ3v) is 1.82. The third kappa shape index (κ3) is 1.88. The first-order valence-corrected chi connectivity index (χ1v) is 4.26. The van der Waals surface area contributed by atoms with Gasteiger partial charge in [0.05, 0.1) is 12.8 Å². The number of carbonyl (C=O) groups is 2. The summed E-state index contributed by atoms with van der Waals surface area (Å²) in [5, 5.41) is 9.50. The number of fused-ring (bicyclic) bond motifs is 2. The summed E-state index contributed by atoms with van der Waals surface area (Å²) >= 11 is 0. The summed E-state index contributed by atoms with van der Waals surface area (Å²) in [6, 6.07) is 1.32. The zero-order valence-electron chi connectivity index (χ0n) is 7.60. The van der Waals surface area contributed by atoms with Crippen molar-refractivity contribution in [3.8, 4) is 17.4 Å². The third-order valence-electron chi connectivity index (χ3n) is 1.82. The average molecular weight is 209 g/mol. The molecule has 2 rings (SSSR count). The molecular formula is C9H7NO5. The molecule has 0 saturated carbocycles. The number of hydrogen-bond acceptors (Lipinski definition) is 6. The minimum absolute atomic E-state index is 0.0558. The van der Waals surface area contributed by atoms with Crippen LogP contribution >= 0.6 is 0 Å². The van der Waals surface area contributed by atoms with Crippen molar-refractivity contribution in [1.82, 2.24) is 4.98 Å². The van der Waals surface area contributed by atoms with Gasteiger partial charge in [0.15, 0.2) is 5.75 Å². The molecule has 0 saturated heterocycles. The molecule has 1 aromatic heterocycles. The molecule has 0 fully saturated rings. The van der Waals surface area contributed by atoms with Gasteiger partial charge in [0.2, 0.25) is 5.75 Å². The summed E-state index contributed by atoms with van der Waals surface area (Å²) in [6.45, 7) is 0. The van der Waals surface area contributed by atoms with E-state index in [1.165, 1.54) is 12.3 Å². The maximum absolute atomic E-state index is 11.1. The van der Waals surface area contributed by atoms with E-state index in [4.69, 9.17) is 9.47 Å². The molecule has 1 aliphatic heterocycles. The van der Waals surface area contributed by atoms with Crippen LogP contribution in [0.5, 0.6) is 17.4 Å². The Labute approximate surface area is 84.4 Å². The molecule has 0 unspecified atom stereocenters. The highest BCUT2D eigenvalue weighted by molar-refractivity contribution is 5.82. The van der Waals surface area contributed by atoms with Crippen LogP contribution in [-0.4, -0.2) is 22.0 Å². The SMILES string of the molecule is O=C1CCC(=O)Oc2nccc(c2O)O1. The van der Waals surface area contributed by atoms with Gasteiger partial charge in [0.1, 0.15) is 0 Å². The molecule has 1 aliphatic rings. The first-order valence-electron chi connectivity index (χ1n) is 4.26. The summed E-state index contributed by atoms with van der Waals surface area (Å²) in [4.78, 5) is 25.9. The van der Waals surface area contributed by atoms with Crippen molar-refractivity contribution in [3.05, 3.63) is 12.3 Å². The Hall–Kier alpha value is -2.11. The topological polar surface area (TPSA) is 85.7 Å². The fourth-order valence-electron chi connectivity index (χ4n) is 1.11. The van der Waals surface area contributed by atoms with Crippen LogP contribution in [0, 0.1) is 0 Å². The maximum Gasteiger partial charge on any atom is 0.313 e. The number of aromatic hydroxyl groups is 1. The molecule has 6 nitrogen and oxygen atoms in total. The molecule has 0 atom stereocenters. The van der Waals surface area contributed by atoms with Crippen LogP contribution in [0.2, 0.25) is 0 Å². The highest BCUT2D eigenvalue weighted by atomic mass is 16.6. The second kappa shape index (κ2) is 3.56. The van der Waals surface area contributed by atoms with Gasteiger partial charge >= 0.3 is 11.9 Å². The first kappa shape index (κ1) is 9.45. The second-order valence-corrected chi connectivity index (χ2v) is 2.91. The molecule has 1 N–H and O–H groups in total. The Balaban J connectivity index is 2.45. The molecule has 15 heavy (non-hydrogen) atoms. The Bertz CT molecular complexity index is 392. The molecule has 6 heteroatoms. The van der Waals surface area contributed by atoms with Gasteiger partial charge in [-0.2, -0.15) is 0 Å². The smallest absolute Gasteiger partial charge is 0.313 e. The van der Waals surface area contributed by atoms with Gasteiger partial charge < -0.3 is 14.6 Å². The van der Waals surface area contributed by atoms with Crippen LogP contribution in [-0.2, 0) is 9.59 Å². The number of nitrogens with zero attached hydrogens (tertiary/aromatic N) is 1. The van der Waals surface area contributed by atoms with Crippen molar-refractivity contribution in [2.24, 2.45) is 0 Å². The van der Waals surface area contributed by atoms with Crippen molar-refractivity contribution in [2.75, 3.05) is 0 Å². The van der Waals surface area contributed by atoms with Gasteiger partial charge in [-0.3, -0.25) is 9.59 Å². The number of esters is 2. The predicted molar refractivity (Wildman–Crippen MR) is 46.4 cm³/mol. The molecule has 0 radical (unpaired) electrons. The molecule has 78 valence electrons. The van der Waals surface area contributed by atoms with E-state index in [0.29, 0.717) is 0 Å². The van der Waals surface area contributed by atoms with E-state index >= 15 is 0 Å². The summed E-state index contributed by atoms with van der Waals surface area (Å²) < 4.78 is 9.52. The lowest BCUT2D eigenvalue weighted by molar-refractivity contribution is -0.140. The summed E-state index contributed by atoms with van der Waals surface area (Å²) in [7, 11) is 0. The zero-order chi connectivity index (χ0) is 10.8. The van der Waals surface area contributed by atoms with Crippen LogP contribution in [0.3, 0.4) is 0 Å². The Morgan fingerprint density at radius 2 is 1.87 bits per heavy atom. The van der Waals surface area contributed by atoms with E-state index in [-0.39, 0.29) is 24.5 Å². The number of rotatable bonds is 0. The first-order chi connectivity index (χ1) is 7.16. The zero-order valence-corrected chi connectivity index (χ0v) is 7.60. The molecule has 0 aromatic carbocycles. The van der Waals surface area contributed by atoms with Gasteiger partial charge in [-0.1, -0.05) is 0 Å². The average Bonchev–Trinajstić information content (AvgIpc) is 2.24. The molecular weight excluding hydrogens is 202 g/mol. The Morgan fingerprint density at radius 3 is 2.60 bits per heavy atom. The van der Waals surface area contributed by atoms with Gasteiger partial charge in [-0.05, 0) is 0 Å². The number of aromatic nitrogens is 1. The lowest BCUT2D eigenvalue weighted by Gasteiger charge is -2.05. The van der Waals surface area contributed by atoms with E-state index in [1.54, 1.807) is 0 Å². The Kier molecular flexibility index (Phi) is 2.24. The van der Waals surface area contributed by atoms with Crippen molar-refractivity contribution in [2.45, 2.75) is 12.8 Å². The monoisotopic (exact) mass is 209 g/mol. The normalized spacial score (nSPS) is 15.7. The van der Waals surface area contributed by atoms with Crippen LogP contribution < -0.4 is 9.47 Å². The van der Waals surface area contributed by atoms with Crippen molar-refractivity contribution in [1.29, 1.82) is 0 Å². The standard InChI is InChI=1S/C9H7NO5/c11-6-1-2-7(12)15-9-8(13)5(14-6)3-4-10-9/h3-4,13H,1-2H2. The van der Waals surface area contributed by atoms with E-state index < -0.39 is 17.7 Å². The van der Waals surface area contributed by atoms with Gasteiger partial charge in [0, 0.05) is 12.3 Å². The maximum atomic E-state index is 11.1. The van der Waals surface area contributed by atoms with E-state index in [2.05, 4.69) is 4.98 Å². The lowest BCUT2D eigenvalue weighted by atomic mass is 10.3. The van der Waals surface area contributed by atoms with Crippen molar-refractivity contribution in [3.63, 3.8) is 0 Å². The summed E-state index contributed by atoms with van der Waals surface area (Å²) in [5.41, 5.74) is 0. The van der Waals surface area contributed by atoms with Gasteiger partial charge in [-0.15, -0.1) is 0 Å². The number of pyridine rings is 1. The fraction of sp³-hybridized carbons (Fsp3) is 0.222. The van der Waals surface area contributed by atoms with E-state index in [0.717, 1.165) is 0 Å². The lowest BCUT2D eigenvalue weighted by Crippen LogP contribution is -2.12. The van der Waals surface area contributed by atoms with Crippen LogP contribution in [0.1, 0.15) is 12.8 Å². The second-order valence-electron chi connectivity index (χ2n) is 2.91. The van der Waals surface area contributed by atoms with Crippen LogP contribution in [0.25, 0.3) is 0 Å². The van der Waals surface area contributed by atoms with Gasteiger partial charge in [0.25, 0.3) is 5.88 Å². The number of carbonyl (C=O) groups excluding carboxylic acids is 2. The highest BCUT2D eigenvalue weighted by Crippen LogP contribution is 2.34. The molecule has 0 spiro atoms. The van der Waals surface area contributed by atoms with Gasteiger partial charge in [-0.25, -0.2) is 4.98 Å². The molecule has 2 heterocycles. The molecule has 2 bridgehead atoms. The van der Waals surface area contributed by atoms with Crippen LogP contribution in [0.15, 0.2) is 12.3 Å². The van der Waals surface area contributed by atoms with Crippen molar-refractivity contribution >= 4 is 11.9 Å². The molecule has 0 aliphatic carbocycles. The predicted octanol–water partition coefficient (Wildman–Crippen LogP) is 0.392. The minimum Gasteiger partial charge on any atom is -0.500 e. The summed E-state index contributed by atoms with van der Waals surface area (Å²) in [5.74, 6) is -1.97. The van der Waals surface area contributed by atoms with Crippen LogP contribution in [0.4, 0.5) is 0 Å².